The molecule has 0 atom stereocenters. The van der Waals surface area contributed by atoms with E-state index in [0.717, 1.165) is 18.2 Å². The van der Waals surface area contributed by atoms with Gasteiger partial charge in [0.2, 0.25) is 0 Å². The Kier molecular flexibility index (Phi) is 5.90. The number of benzene rings is 1. The highest BCUT2D eigenvalue weighted by Crippen LogP contribution is 2.30. The summed E-state index contributed by atoms with van der Waals surface area (Å²) < 4.78 is 6.27. The van der Waals surface area contributed by atoms with Crippen molar-refractivity contribution in [2.45, 2.75) is 71.6 Å². The van der Waals surface area contributed by atoms with Gasteiger partial charge in [-0.3, -0.25) is 0 Å². The largest absolute Gasteiger partial charge is 0.490 e. The van der Waals surface area contributed by atoms with Crippen molar-refractivity contribution >= 4 is 0 Å². The smallest absolute Gasteiger partial charge is 0.124 e. The molecule has 0 radical (unpaired) electrons. The number of hydrogen-bond acceptors (Lipinski definition) is 2. The molecule has 0 amide bonds. The summed E-state index contributed by atoms with van der Waals surface area (Å²) in [4.78, 5) is 0. The summed E-state index contributed by atoms with van der Waals surface area (Å²) in [6, 6.07) is 8.96. The second kappa shape index (κ2) is 7.68. The maximum Gasteiger partial charge on any atom is 0.124 e. The molecule has 1 aliphatic rings. The van der Waals surface area contributed by atoms with E-state index in [2.05, 4.69) is 50.4 Å². The molecule has 1 aromatic carbocycles. The molecule has 0 bridgehead atoms. The number of rotatable bonds is 6. The maximum absolute atomic E-state index is 6.27. The molecular weight excluding hydrogens is 246 g/mol. The van der Waals surface area contributed by atoms with Crippen LogP contribution in [0.1, 0.15) is 58.4 Å². The minimum Gasteiger partial charge on any atom is -0.490 e. The summed E-state index contributed by atoms with van der Waals surface area (Å²) >= 11 is 0. The van der Waals surface area contributed by atoms with Crippen molar-refractivity contribution in [2.75, 3.05) is 0 Å². The number of ether oxygens (including phenoxy) is 1. The van der Waals surface area contributed by atoms with E-state index >= 15 is 0 Å². The molecule has 1 saturated carbocycles. The maximum atomic E-state index is 6.27. The van der Waals surface area contributed by atoms with Gasteiger partial charge in [-0.15, -0.1) is 0 Å². The van der Waals surface area contributed by atoms with Gasteiger partial charge < -0.3 is 10.1 Å². The summed E-state index contributed by atoms with van der Waals surface area (Å²) in [5, 5.41) is 3.48. The molecule has 1 aliphatic carbocycles. The lowest BCUT2D eigenvalue weighted by atomic mass is 9.86. The molecule has 1 N–H and O–H groups in total. The first-order chi connectivity index (χ1) is 9.69. The van der Waals surface area contributed by atoms with Crippen molar-refractivity contribution in [3.05, 3.63) is 29.8 Å². The normalized spacial score (nSPS) is 23.0. The van der Waals surface area contributed by atoms with E-state index in [9.17, 15) is 0 Å². The van der Waals surface area contributed by atoms with Gasteiger partial charge in [-0.05, 0) is 37.7 Å². The number of nitrogens with one attached hydrogen (secondary N) is 1. The van der Waals surface area contributed by atoms with Crippen molar-refractivity contribution in [2.24, 2.45) is 5.92 Å². The second-order valence-corrected chi connectivity index (χ2v) is 6.31. The van der Waals surface area contributed by atoms with Crippen LogP contribution in [0, 0.1) is 5.92 Å². The first-order valence-electron chi connectivity index (χ1n) is 8.17. The Morgan fingerprint density at radius 1 is 1.15 bits per heavy atom. The molecule has 2 rings (SSSR count). The summed E-state index contributed by atoms with van der Waals surface area (Å²) in [5.41, 5.74) is 1.28. The highest BCUT2D eigenvalue weighted by atomic mass is 16.5. The summed E-state index contributed by atoms with van der Waals surface area (Å²) in [6.45, 7) is 7.54. The Morgan fingerprint density at radius 3 is 2.50 bits per heavy atom. The van der Waals surface area contributed by atoms with Crippen LogP contribution in [0.25, 0.3) is 0 Å². The van der Waals surface area contributed by atoms with E-state index in [1.54, 1.807) is 0 Å². The number of hydrogen-bond donors (Lipinski definition) is 1. The molecule has 2 nitrogen and oxygen atoms in total. The molecule has 0 saturated heterocycles. The van der Waals surface area contributed by atoms with Crippen LogP contribution in [-0.4, -0.2) is 12.1 Å². The molecule has 1 fully saturated rings. The zero-order valence-corrected chi connectivity index (χ0v) is 13.2. The standard InChI is InChI=1S/C18H29NO/c1-4-15-9-11-17(12-10-15)20-18-8-6-5-7-16(18)13-19-14(2)3/h5-8,14-15,17,19H,4,9-13H2,1-3H3. The minimum absolute atomic E-state index is 0.415. The molecule has 0 unspecified atom stereocenters. The van der Waals surface area contributed by atoms with Gasteiger partial charge in [-0.2, -0.15) is 0 Å². The molecule has 0 heterocycles. The Morgan fingerprint density at radius 2 is 1.85 bits per heavy atom. The van der Waals surface area contributed by atoms with Gasteiger partial charge in [-0.1, -0.05) is 45.4 Å². The predicted octanol–water partition coefficient (Wildman–Crippen LogP) is 4.53. The summed E-state index contributed by atoms with van der Waals surface area (Å²) in [6.07, 6.45) is 6.82. The molecule has 0 aliphatic heterocycles. The topological polar surface area (TPSA) is 21.3 Å². The van der Waals surface area contributed by atoms with E-state index in [0.29, 0.717) is 12.1 Å². The fraction of sp³-hybridized carbons (Fsp3) is 0.667. The Labute approximate surface area is 123 Å². The zero-order chi connectivity index (χ0) is 14.4. The average molecular weight is 275 g/mol. The van der Waals surface area contributed by atoms with Gasteiger partial charge in [0.1, 0.15) is 5.75 Å². The Balaban J connectivity index is 1.92. The van der Waals surface area contributed by atoms with Gasteiger partial charge in [0.25, 0.3) is 0 Å². The number of para-hydroxylation sites is 1. The van der Waals surface area contributed by atoms with Crippen LogP contribution < -0.4 is 10.1 Å². The third-order valence-corrected chi connectivity index (χ3v) is 4.34. The summed E-state index contributed by atoms with van der Waals surface area (Å²) in [7, 11) is 0. The zero-order valence-electron chi connectivity index (χ0n) is 13.2. The van der Waals surface area contributed by atoms with E-state index < -0.39 is 0 Å². The first-order valence-corrected chi connectivity index (χ1v) is 8.17. The van der Waals surface area contributed by atoms with Crippen LogP contribution in [0.4, 0.5) is 0 Å². The van der Waals surface area contributed by atoms with Gasteiger partial charge in [0, 0.05) is 18.2 Å². The fourth-order valence-electron chi connectivity index (χ4n) is 2.92. The predicted molar refractivity (Wildman–Crippen MR) is 85.1 cm³/mol. The SMILES string of the molecule is CCC1CCC(Oc2ccccc2CNC(C)C)CC1. The van der Waals surface area contributed by atoms with Crippen LogP contribution in [0.15, 0.2) is 24.3 Å². The summed E-state index contributed by atoms with van der Waals surface area (Å²) in [5.74, 6) is 1.99. The molecule has 0 aromatic heterocycles. The lowest BCUT2D eigenvalue weighted by Gasteiger charge is -2.29. The van der Waals surface area contributed by atoms with Crippen molar-refractivity contribution in [3.8, 4) is 5.75 Å². The first kappa shape index (κ1) is 15.4. The molecule has 112 valence electrons. The fourth-order valence-corrected chi connectivity index (χ4v) is 2.92. The van der Waals surface area contributed by atoms with Crippen LogP contribution in [-0.2, 0) is 6.54 Å². The van der Waals surface area contributed by atoms with Gasteiger partial charge in [-0.25, -0.2) is 0 Å². The quantitative estimate of drug-likeness (QED) is 0.823. The van der Waals surface area contributed by atoms with E-state index in [4.69, 9.17) is 4.74 Å². The lowest BCUT2D eigenvalue weighted by Crippen LogP contribution is -2.25. The highest BCUT2D eigenvalue weighted by Gasteiger charge is 2.21. The molecule has 0 spiro atoms. The van der Waals surface area contributed by atoms with Gasteiger partial charge in [0.05, 0.1) is 6.10 Å². The van der Waals surface area contributed by atoms with E-state index in [1.807, 2.05) is 0 Å². The minimum atomic E-state index is 0.415. The van der Waals surface area contributed by atoms with Crippen LogP contribution in [0.5, 0.6) is 5.75 Å². The lowest BCUT2D eigenvalue weighted by molar-refractivity contribution is 0.128. The third kappa shape index (κ3) is 4.52. The van der Waals surface area contributed by atoms with Crippen molar-refractivity contribution in [3.63, 3.8) is 0 Å². The molecular formula is C18H29NO. The molecule has 20 heavy (non-hydrogen) atoms. The Hall–Kier alpha value is -1.02. The van der Waals surface area contributed by atoms with Crippen LogP contribution in [0.3, 0.4) is 0 Å². The van der Waals surface area contributed by atoms with Gasteiger partial charge in [0.15, 0.2) is 0 Å². The van der Waals surface area contributed by atoms with E-state index in [1.165, 1.54) is 37.7 Å². The molecule has 2 heteroatoms. The van der Waals surface area contributed by atoms with Crippen LogP contribution >= 0.6 is 0 Å². The van der Waals surface area contributed by atoms with Crippen molar-refractivity contribution in [1.82, 2.24) is 5.32 Å². The van der Waals surface area contributed by atoms with Gasteiger partial charge >= 0.3 is 0 Å². The Bertz CT molecular complexity index is 394. The van der Waals surface area contributed by atoms with E-state index in [-0.39, 0.29) is 0 Å². The monoisotopic (exact) mass is 275 g/mol. The van der Waals surface area contributed by atoms with Crippen molar-refractivity contribution in [1.29, 1.82) is 0 Å². The molecule has 1 aromatic rings. The van der Waals surface area contributed by atoms with Crippen molar-refractivity contribution < 1.29 is 4.74 Å². The average Bonchev–Trinajstić information content (AvgIpc) is 2.47. The second-order valence-electron chi connectivity index (χ2n) is 6.31. The van der Waals surface area contributed by atoms with Crippen LogP contribution in [0.2, 0.25) is 0 Å². The highest BCUT2D eigenvalue weighted by molar-refractivity contribution is 5.33. The third-order valence-electron chi connectivity index (χ3n) is 4.34.